The third kappa shape index (κ3) is 3.68. The second kappa shape index (κ2) is 5.47. The first-order chi connectivity index (χ1) is 8.13. The molecule has 0 saturated carbocycles. The minimum atomic E-state index is 0.921. The molecule has 0 unspecified atom stereocenters. The van der Waals surface area contributed by atoms with Crippen LogP contribution in [0.15, 0.2) is 41.1 Å². The van der Waals surface area contributed by atoms with E-state index in [1.807, 2.05) is 17.9 Å². The molecule has 0 aliphatic carbocycles. The number of hydrogen-bond acceptors (Lipinski definition) is 2. The van der Waals surface area contributed by atoms with Crippen molar-refractivity contribution in [2.45, 2.75) is 13.1 Å². The molecule has 0 fully saturated rings. The maximum Gasteiger partial charge on any atom is 0.0534 e. The van der Waals surface area contributed by atoms with E-state index >= 15 is 0 Å². The zero-order valence-electron chi connectivity index (χ0n) is 10.1. The van der Waals surface area contributed by atoms with Gasteiger partial charge in [-0.25, -0.2) is 0 Å². The van der Waals surface area contributed by atoms with Crippen LogP contribution in [-0.4, -0.2) is 21.7 Å². The van der Waals surface area contributed by atoms with Gasteiger partial charge >= 0.3 is 0 Å². The first-order valence-corrected chi connectivity index (χ1v) is 6.33. The molecular weight excluding hydrogens is 278 g/mol. The van der Waals surface area contributed by atoms with Crippen LogP contribution in [0, 0.1) is 0 Å². The number of benzene rings is 1. The van der Waals surface area contributed by atoms with Gasteiger partial charge in [0.2, 0.25) is 0 Å². The Morgan fingerprint density at radius 3 is 2.41 bits per heavy atom. The number of rotatable bonds is 4. The van der Waals surface area contributed by atoms with Crippen molar-refractivity contribution < 1.29 is 0 Å². The summed E-state index contributed by atoms with van der Waals surface area (Å²) in [5.74, 6) is 0. The van der Waals surface area contributed by atoms with Gasteiger partial charge in [-0.3, -0.25) is 9.58 Å². The molecule has 0 atom stereocenters. The van der Waals surface area contributed by atoms with Gasteiger partial charge in [-0.15, -0.1) is 0 Å². The maximum atomic E-state index is 4.17. The SMILES string of the molecule is CN(Cc1ccc(Br)cc1)Cc1cnn(C)c1. The predicted molar refractivity (Wildman–Crippen MR) is 72.5 cm³/mol. The van der Waals surface area contributed by atoms with Gasteiger partial charge in [-0.1, -0.05) is 28.1 Å². The van der Waals surface area contributed by atoms with E-state index in [2.05, 4.69) is 63.4 Å². The molecule has 0 saturated heterocycles. The summed E-state index contributed by atoms with van der Waals surface area (Å²) in [6, 6.07) is 8.44. The second-order valence-corrected chi connectivity index (χ2v) is 5.24. The lowest BCUT2D eigenvalue weighted by molar-refractivity contribution is 0.319. The predicted octanol–water partition coefficient (Wildman–Crippen LogP) is 2.81. The van der Waals surface area contributed by atoms with E-state index in [4.69, 9.17) is 0 Å². The summed E-state index contributed by atoms with van der Waals surface area (Å²) < 4.78 is 2.96. The summed E-state index contributed by atoms with van der Waals surface area (Å²) in [5.41, 5.74) is 2.56. The Kier molecular flexibility index (Phi) is 3.97. The average Bonchev–Trinajstić information content (AvgIpc) is 2.67. The molecule has 1 heterocycles. The lowest BCUT2D eigenvalue weighted by atomic mass is 10.2. The van der Waals surface area contributed by atoms with Crippen molar-refractivity contribution in [3.8, 4) is 0 Å². The zero-order valence-corrected chi connectivity index (χ0v) is 11.7. The fraction of sp³-hybridized carbons (Fsp3) is 0.308. The summed E-state index contributed by atoms with van der Waals surface area (Å²) in [6.45, 7) is 1.87. The smallest absolute Gasteiger partial charge is 0.0534 e. The molecule has 0 spiro atoms. The Bertz CT molecular complexity index is 476. The summed E-state index contributed by atoms with van der Waals surface area (Å²) in [5, 5.41) is 4.17. The molecule has 1 aromatic carbocycles. The largest absolute Gasteiger partial charge is 0.298 e. The highest BCUT2D eigenvalue weighted by Crippen LogP contribution is 2.12. The molecule has 3 nitrogen and oxygen atoms in total. The molecule has 17 heavy (non-hydrogen) atoms. The molecule has 0 N–H and O–H groups in total. The van der Waals surface area contributed by atoms with E-state index in [-0.39, 0.29) is 0 Å². The molecule has 2 aromatic rings. The highest BCUT2D eigenvalue weighted by atomic mass is 79.9. The molecule has 0 radical (unpaired) electrons. The Labute approximate surface area is 110 Å². The monoisotopic (exact) mass is 293 g/mol. The third-order valence-corrected chi connectivity index (χ3v) is 3.11. The molecule has 2 rings (SSSR count). The first-order valence-electron chi connectivity index (χ1n) is 5.54. The van der Waals surface area contributed by atoms with Crippen molar-refractivity contribution in [2.24, 2.45) is 7.05 Å². The van der Waals surface area contributed by atoms with Gasteiger partial charge in [0.25, 0.3) is 0 Å². The Morgan fingerprint density at radius 2 is 1.82 bits per heavy atom. The van der Waals surface area contributed by atoms with Crippen molar-refractivity contribution in [1.82, 2.24) is 14.7 Å². The number of hydrogen-bond donors (Lipinski definition) is 0. The van der Waals surface area contributed by atoms with E-state index in [9.17, 15) is 0 Å². The van der Waals surface area contributed by atoms with Crippen molar-refractivity contribution in [1.29, 1.82) is 0 Å². The average molecular weight is 294 g/mol. The molecule has 0 bridgehead atoms. The van der Waals surface area contributed by atoms with Gasteiger partial charge in [-0.2, -0.15) is 5.10 Å². The van der Waals surface area contributed by atoms with Gasteiger partial charge in [0.1, 0.15) is 0 Å². The van der Waals surface area contributed by atoms with Gasteiger partial charge in [0, 0.05) is 36.4 Å². The number of halogens is 1. The summed E-state index contributed by atoms with van der Waals surface area (Å²) in [4.78, 5) is 2.28. The van der Waals surface area contributed by atoms with Crippen LogP contribution in [0.25, 0.3) is 0 Å². The van der Waals surface area contributed by atoms with Crippen LogP contribution in [0.5, 0.6) is 0 Å². The molecular formula is C13H16BrN3. The van der Waals surface area contributed by atoms with Crippen molar-refractivity contribution in [2.75, 3.05) is 7.05 Å². The normalized spacial score (nSPS) is 11.1. The first kappa shape index (κ1) is 12.3. The molecule has 4 heteroatoms. The van der Waals surface area contributed by atoms with Crippen LogP contribution in [0.3, 0.4) is 0 Å². The maximum absolute atomic E-state index is 4.17. The molecule has 0 amide bonds. The van der Waals surface area contributed by atoms with Crippen molar-refractivity contribution in [3.63, 3.8) is 0 Å². The Balaban J connectivity index is 1.93. The van der Waals surface area contributed by atoms with Crippen molar-refractivity contribution >= 4 is 15.9 Å². The number of aromatic nitrogens is 2. The summed E-state index contributed by atoms with van der Waals surface area (Å²) in [6.07, 6.45) is 3.97. The van der Waals surface area contributed by atoms with Crippen LogP contribution in [0.4, 0.5) is 0 Å². The lowest BCUT2D eigenvalue weighted by Gasteiger charge is -2.15. The van der Waals surface area contributed by atoms with E-state index in [1.165, 1.54) is 11.1 Å². The third-order valence-electron chi connectivity index (χ3n) is 2.58. The molecule has 0 aliphatic rings. The Hall–Kier alpha value is -1.13. The van der Waals surface area contributed by atoms with Gasteiger partial charge in [0.15, 0.2) is 0 Å². The van der Waals surface area contributed by atoms with E-state index in [1.54, 1.807) is 0 Å². The second-order valence-electron chi connectivity index (χ2n) is 4.32. The number of aryl methyl sites for hydroxylation is 1. The van der Waals surface area contributed by atoms with Crippen LogP contribution in [-0.2, 0) is 20.1 Å². The highest BCUT2D eigenvalue weighted by molar-refractivity contribution is 9.10. The van der Waals surface area contributed by atoms with E-state index in [0.29, 0.717) is 0 Å². The van der Waals surface area contributed by atoms with Gasteiger partial charge in [0.05, 0.1) is 6.20 Å². The van der Waals surface area contributed by atoms with E-state index in [0.717, 1.165) is 17.6 Å². The van der Waals surface area contributed by atoms with Gasteiger partial charge in [-0.05, 0) is 24.7 Å². The van der Waals surface area contributed by atoms with Crippen LogP contribution < -0.4 is 0 Å². The van der Waals surface area contributed by atoms with Crippen LogP contribution in [0.1, 0.15) is 11.1 Å². The summed E-state index contributed by atoms with van der Waals surface area (Å²) >= 11 is 3.44. The topological polar surface area (TPSA) is 21.1 Å². The van der Waals surface area contributed by atoms with Gasteiger partial charge < -0.3 is 0 Å². The fourth-order valence-corrected chi connectivity index (χ4v) is 2.09. The standard InChI is InChI=1S/C13H16BrN3/c1-16(9-12-7-15-17(2)10-12)8-11-3-5-13(14)6-4-11/h3-7,10H,8-9H2,1-2H3. The van der Waals surface area contributed by atoms with Crippen molar-refractivity contribution in [3.05, 3.63) is 52.3 Å². The minimum absolute atomic E-state index is 0.921. The zero-order chi connectivity index (χ0) is 12.3. The van der Waals surface area contributed by atoms with E-state index < -0.39 is 0 Å². The lowest BCUT2D eigenvalue weighted by Crippen LogP contribution is -2.16. The minimum Gasteiger partial charge on any atom is -0.298 e. The fourth-order valence-electron chi connectivity index (χ4n) is 1.82. The Morgan fingerprint density at radius 1 is 1.18 bits per heavy atom. The molecule has 0 aliphatic heterocycles. The quantitative estimate of drug-likeness (QED) is 0.864. The molecule has 90 valence electrons. The number of nitrogens with zero attached hydrogens (tertiary/aromatic N) is 3. The summed E-state index contributed by atoms with van der Waals surface area (Å²) in [7, 11) is 4.06. The highest BCUT2D eigenvalue weighted by Gasteiger charge is 2.03. The van der Waals surface area contributed by atoms with Crippen LogP contribution >= 0.6 is 15.9 Å². The van der Waals surface area contributed by atoms with Crippen LogP contribution in [0.2, 0.25) is 0 Å². The molecule has 1 aromatic heterocycles.